The highest BCUT2D eigenvalue weighted by molar-refractivity contribution is 5.85. The van der Waals surface area contributed by atoms with Crippen LogP contribution < -0.4 is 10.5 Å². The van der Waals surface area contributed by atoms with Gasteiger partial charge in [-0.05, 0) is 30.5 Å². The van der Waals surface area contributed by atoms with Crippen molar-refractivity contribution in [3.05, 3.63) is 29.8 Å². The summed E-state index contributed by atoms with van der Waals surface area (Å²) in [6.45, 7) is 1.86. The number of alkyl halides is 3. The van der Waals surface area contributed by atoms with Crippen LogP contribution in [0.2, 0.25) is 0 Å². The van der Waals surface area contributed by atoms with Gasteiger partial charge >= 0.3 is 6.36 Å². The maximum atomic E-state index is 12.3. The van der Waals surface area contributed by atoms with Crippen LogP contribution in [0.3, 0.4) is 0 Å². The quantitative estimate of drug-likeness (QED) is 0.883. The molecule has 2 rings (SSSR count). The summed E-state index contributed by atoms with van der Waals surface area (Å²) in [6, 6.07) is 6.25. The molecule has 0 saturated carbocycles. The van der Waals surface area contributed by atoms with E-state index in [0.29, 0.717) is 13.1 Å². The highest BCUT2D eigenvalue weighted by atomic mass is 35.5. The molecule has 4 nitrogen and oxygen atoms in total. The van der Waals surface area contributed by atoms with Crippen molar-refractivity contribution in [2.75, 3.05) is 20.2 Å². The molecule has 1 saturated heterocycles. The van der Waals surface area contributed by atoms with Crippen LogP contribution in [0.4, 0.5) is 13.2 Å². The topological polar surface area (TPSA) is 47.7 Å². The lowest BCUT2D eigenvalue weighted by molar-refractivity contribution is -0.274. The van der Waals surface area contributed by atoms with Crippen LogP contribution in [0, 0.1) is 0 Å². The van der Waals surface area contributed by atoms with E-state index >= 15 is 0 Å². The maximum Gasteiger partial charge on any atom is 0.573 e. The molecule has 2 atom stereocenters. The number of halogens is 4. The van der Waals surface area contributed by atoms with Crippen LogP contribution in [0.1, 0.15) is 18.4 Å². The minimum atomic E-state index is -4.67. The first-order chi connectivity index (χ1) is 10.4. The Morgan fingerprint density at radius 3 is 2.70 bits per heavy atom. The zero-order valence-corrected chi connectivity index (χ0v) is 13.7. The first kappa shape index (κ1) is 20.0. The van der Waals surface area contributed by atoms with Crippen LogP contribution in [-0.2, 0) is 11.3 Å². The summed E-state index contributed by atoms with van der Waals surface area (Å²) in [5.41, 5.74) is 6.58. The first-order valence-corrected chi connectivity index (χ1v) is 7.23. The number of rotatable bonds is 5. The molecule has 2 N–H and O–H groups in total. The highest BCUT2D eigenvalue weighted by Gasteiger charge is 2.31. The number of nitrogens with two attached hydrogens (primary N) is 1. The van der Waals surface area contributed by atoms with Gasteiger partial charge in [-0.2, -0.15) is 0 Å². The number of benzene rings is 1. The van der Waals surface area contributed by atoms with Gasteiger partial charge in [0, 0.05) is 32.8 Å². The Morgan fingerprint density at radius 1 is 1.35 bits per heavy atom. The van der Waals surface area contributed by atoms with Gasteiger partial charge in [-0.25, -0.2) is 0 Å². The van der Waals surface area contributed by atoms with Gasteiger partial charge < -0.3 is 15.2 Å². The second kappa shape index (κ2) is 8.73. The Labute approximate surface area is 140 Å². The van der Waals surface area contributed by atoms with Crippen molar-refractivity contribution in [1.82, 2.24) is 4.90 Å². The third-order valence-electron chi connectivity index (χ3n) is 3.91. The van der Waals surface area contributed by atoms with Gasteiger partial charge in [-0.1, -0.05) is 12.1 Å². The standard InChI is InChI=1S/C15H21F3N2O2.ClH/c1-21-13-5-6-20(12(8-13)9-19)10-11-3-2-4-14(7-11)22-15(16,17)18;/h2-4,7,12-13H,5-6,8-10,19H2,1H3;1H. The molecule has 23 heavy (non-hydrogen) atoms. The van der Waals surface area contributed by atoms with Crippen molar-refractivity contribution in [3.63, 3.8) is 0 Å². The van der Waals surface area contributed by atoms with Gasteiger partial charge in [0.1, 0.15) is 5.75 Å². The molecule has 0 amide bonds. The van der Waals surface area contributed by atoms with Crippen LogP contribution in [-0.4, -0.2) is 43.6 Å². The van der Waals surface area contributed by atoms with Crippen LogP contribution in [0.15, 0.2) is 24.3 Å². The van der Waals surface area contributed by atoms with Crippen molar-refractivity contribution in [2.45, 2.75) is 37.9 Å². The zero-order chi connectivity index (χ0) is 16.2. The number of hydrogen-bond acceptors (Lipinski definition) is 4. The summed E-state index contributed by atoms with van der Waals surface area (Å²) in [5.74, 6) is -0.193. The van der Waals surface area contributed by atoms with Crippen LogP contribution in [0.5, 0.6) is 5.75 Å². The fourth-order valence-electron chi connectivity index (χ4n) is 2.81. The fourth-order valence-corrected chi connectivity index (χ4v) is 2.81. The molecule has 1 fully saturated rings. The summed E-state index contributed by atoms with van der Waals surface area (Å²) in [4.78, 5) is 2.18. The van der Waals surface area contributed by atoms with Gasteiger partial charge in [-0.15, -0.1) is 25.6 Å². The van der Waals surface area contributed by atoms with Gasteiger partial charge in [0.2, 0.25) is 0 Å². The predicted molar refractivity (Wildman–Crippen MR) is 83.7 cm³/mol. The van der Waals surface area contributed by atoms with E-state index in [1.165, 1.54) is 12.1 Å². The Bertz CT molecular complexity index is 488. The summed E-state index contributed by atoms with van der Waals surface area (Å²) in [7, 11) is 1.69. The van der Waals surface area contributed by atoms with E-state index in [1.54, 1.807) is 19.2 Å². The molecular weight excluding hydrogens is 333 g/mol. The molecule has 8 heteroatoms. The number of methoxy groups -OCH3 is 1. The molecule has 0 spiro atoms. The van der Waals surface area contributed by atoms with Gasteiger partial charge in [0.05, 0.1) is 6.10 Å². The van der Waals surface area contributed by atoms with Crippen molar-refractivity contribution in [1.29, 1.82) is 0 Å². The molecule has 0 bridgehead atoms. The molecule has 1 aromatic rings. The average molecular weight is 355 g/mol. The SMILES string of the molecule is COC1CCN(Cc2cccc(OC(F)(F)F)c2)C(CN)C1.Cl. The van der Waals surface area contributed by atoms with Crippen LogP contribution in [0.25, 0.3) is 0 Å². The first-order valence-electron chi connectivity index (χ1n) is 7.23. The summed E-state index contributed by atoms with van der Waals surface area (Å²) >= 11 is 0. The van der Waals surface area contributed by atoms with Gasteiger partial charge in [0.25, 0.3) is 0 Å². The molecule has 1 aromatic carbocycles. The Kier molecular flexibility index (Phi) is 7.60. The molecule has 1 heterocycles. The largest absolute Gasteiger partial charge is 0.573 e. The fraction of sp³-hybridized carbons (Fsp3) is 0.600. The Hall–Kier alpha value is -1.02. The minimum absolute atomic E-state index is 0. The normalized spacial score (nSPS) is 22.5. The monoisotopic (exact) mass is 354 g/mol. The number of piperidine rings is 1. The van der Waals surface area contributed by atoms with Crippen LogP contribution >= 0.6 is 12.4 Å². The molecule has 132 valence electrons. The third-order valence-corrected chi connectivity index (χ3v) is 3.91. The average Bonchev–Trinajstić information content (AvgIpc) is 2.46. The Balaban J connectivity index is 0.00000264. The van der Waals surface area contributed by atoms with Gasteiger partial charge in [-0.3, -0.25) is 4.90 Å². The summed E-state index contributed by atoms with van der Waals surface area (Å²) in [6.07, 6.45) is -2.74. The lowest BCUT2D eigenvalue weighted by atomic mass is 9.98. The van der Waals surface area contributed by atoms with E-state index < -0.39 is 6.36 Å². The number of hydrogen-bond donors (Lipinski definition) is 1. The van der Waals surface area contributed by atoms with E-state index in [2.05, 4.69) is 9.64 Å². The minimum Gasteiger partial charge on any atom is -0.406 e. The molecule has 1 aliphatic rings. The molecule has 0 aromatic heterocycles. The van der Waals surface area contributed by atoms with E-state index in [9.17, 15) is 13.2 Å². The molecule has 0 radical (unpaired) electrons. The number of nitrogens with zero attached hydrogens (tertiary/aromatic N) is 1. The molecule has 1 aliphatic heterocycles. The molecule has 2 unspecified atom stereocenters. The lowest BCUT2D eigenvalue weighted by Gasteiger charge is -2.38. The third kappa shape index (κ3) is 6.18. The number of likely N-dealkylation sites (tertiary alicyclic amines) is 1. The number of ether oxygens (including phenoxy) is 2. The van der Waals surface area contributed by atoms with Gasteiger partial charge in [0.15, 0.2) is 0 Å². The Morgan fingerprint density at radius 2 is 2.09 bits per heavy atom. The highest BCUT2D eigenvalue weighted by Crippen LogP contribution is 2.25. The van der Waals surface area contributed by atoms with Crippen molar-refractivity contribution in [3.8, 4) is 5.75 Å². The van der Waals surface area contributed by atoms with E-state index in [1.807, 2.05) is 0 Å². The second-order valence-corrected chi connectivity index (χ2v) is 5.44. The second-order valence-electron chi connectivity index (χ2n) is 5.44. The van der Waals surface area contributed by atoms with Crippen molar-refractivity contribution >= 4 is 12.4 Å². The van der Waals surface area contributed by atoms with E-state index in [4.69, 9.17) is 10.5 Å². The summed E-state index contributed by atoms with van der Waals surface area (Å²) < 4.78 is 46.1. The molecule has 0 aliphatic carbocycles. The maximum absolute atomic E-state index is 12.3. The van der Waals surface area contributed by atoms with Crippen molar-refractivity contribution in [2.24, 2.45) is 5.73 Å². The summed E-state index contributed by atoms with van der Waals surface area (Å²) in [5, 5.41) is 0. The molecular formula is C15H22ClF3N2O2. The zero-order valence-electron chi connectivity index (χ0n) is 12.9. The van der Waals surface area contributed by atoms with E-state index in [0.717, 1.165) is 24.9 Å². The predicted octanol–water partition coefficient (Wildman–Crippen LogP) is 2.95. The smallest absolute Gasteiger partial charge is 0.406 e. The lowest BCUT2D eigenvalue weighted by Crippen LogP contribution is -2.47. The van der Waals surface area contributed by atoms with E-state index in [-0.39, 0.29) is 30.3 Å². The van der Waals surface area contributed by atoms with Crippen molar-refractivity contribution < 1.29 is 22.6 Å².